The third kappa shape index (κ3) is 8.73. The average molecular weight is 594 g/mol. The van der Waals surface area contributed by atoms with Crippen LogP contribution in [0.3, 0.4) is 0 Å². The van der Waals surface area contributed by atoms with E-state index in [1.165, 1.54) is 35.1 Å². The molecular weight excluding hydrogens is 547 g/mol. The monoisotopic (exact) mass is 593 g/mol. The number of aryl methyl sites for hydroxylation is 1. The van der Waals surface area contributed by atoms with Crippen LogP contribution in [0.4, 0.5) is 13.2 Å². The Morgan fingerprint density at radius 1 is 1.20 bits per heavy atom. The van der Waals surface area contributed by atoms with Gasteiger partial charge in [-0.3, -0.25) is 9.79 Å². The number of piperazine rings is 1. The minimum atomic E-state index is -4.58. The zero-order chi connectivity index (χ0) is 31.0. The quantitative estimate of drug-likeness (QED) is 0.223. The summed E-state index contributed by atoms with van der Waals surface area (Å²) in [6, 6.07) is 7.70. The number of aliphatic imine (C=N–C) groups is 1. The molecule has 1 aliphatic carbocycles. The van der Waals surface area contributed by atoms with E-state index in [9.17, 15) is 18.0 Å². The van der Waals surface area contributed by atoms with Gasteiger partial charge in [0.2, 0.25) is 5.91 Å². The number of rotatable bonds is 8. The highest BCUT2D eigenvalue weighted by molar-refractivity contribution is 6.30. The van der Waals surface area contributed by atoms with Gasteiger partial charge in [0, 0.05) is 53.9 Å². The van der Waals surface area contributed by atoms with E-state index in [0.717, 1.165) is 55.1 Å². The van der Waals surface area contributed by atoms with Crippen molar-refractivity contribution in [2.24, 2.45) is 16.3 Å². The highest BCUT2D eigenvalue weighted by atomic mass is 35.5. The van der Waals surface area contributed by atoms with Gasteiger partial charge in [-0.25, -0.2) is 0 Å². The molecule has 0 N–H and O–H groups in total. The molecule has 1 atom stereocenters. The number of amides is 1. The van der Waals surface area contributed by atoms with Crippen molar-refractivity contribution in [1.29, 1.82) is 0 Å². The molecule has 1 aliphatic heterocycles. The SMILES string of the molecule is C=CN=C(C)C(/C(=C\C)C1CCC1)=C(\C)N1CCN(C(=O)C(C)(C)C(F)(F)F)C(C)C1.CCCc1cccc(Cl)c1. The minimum absolute atomic E-state index is 0.260. The van der Waals surface area contributed by atoms with Crippen molar-refractivity contribution in [3.05, 3.63) is 70.5 Å². The van der Waals surface area contributed by atoms with Gasteiger partial charge in [0.05, 0.1) is 0 Å². The van der Waals surface area contributed by atoms with Crippen LogP contribution in [0.15, 0.2) is 65.0 Å². The van der Waals surface area contributed by atoms with Gasteiger partial charge in [-0.2, -0.15) is 13.2 Å². The van der Waals surface area contributed by atoms with Crippen LogP contribution < -0.4 is 0 Å². The minimum Gasteiger partial charge on any atom is -0.371 e. The van der Waals surface area contributed by atoms with Crippen LogP contribution in [0, 0.1) is 11.3 Å². The van der Waals surface area contributed by atoms with Gasteiger partial charge >= 0.3 is 6.18 Å². The molecule has 1 aromatic carbocycles. The lowest BCUT2D eigenvalue weighted by molar-refractivity contribution is -0.219. The first-order valence-electron chi connectivity index (χ1n) is 14.6. The molecule has 1 aromatic rings. The number of benzene rings is 1. The van der Waals surface area contributed by atoms with E-state index in [4.69, 9.17) is 11.6 Å². The molecule has 3 rings (SSSR count). The Bertz CT molecular complexity index is 1150. The van der Waals surface area contributed by atoms with Gasteiger partial charge in [-0.15, -0.1) is 0 Å². The van der Waals surface area contributed by atoms with Crippen LogP contribution >= 0.6 is 11.6 Å². The van der Waals surface area contributed by atoms with Crippen LogP contribution in [0.2, 0.25) is 5.02 Å². The van der Waals surface area contributed by atoms with Gasteiger partial charge in [0.1, 0.15) is 5.41 Å². The first-order chi connectivity index (χ1) is 19.2. The number of alkyl halides is 3. The van der Waals surface area contributed by atoms with E-state index >= 15 is 0 Å². The van der Waals surface area contributed by atoms with Gasteiger partial charge < -0.3 is 9.80 Å². The Morgan fingerprint density at radius 3 is 2.32 bits per heavy atom. The Kier molecular flexibility index (Phi) is 12.8. The molecule has 41 heavy (non-hydrogen) atoms. The van der Waals surface area contributed by atoms with Crippen LogP contribution in [0.25, 0.3) is 0 Å². The fraction of sp³-hybridized carbons (Fsp3) is 0.576. The van der Waals surface area contributed by atoms with E-state index in [-0.39, 0.29) is 12.6 Å². The average Bonchev–Trinajstić information content (AvgIpc) is 2.86. The number of carbonyl (C=O) groups excluding carboxylic acids is 1. The fourth-order valence-electron chi connectivity index (χ4n) is 5.37. The Hall–Kier alpha value is -2.54. The third-order valence-electron chi connectivity index (χ3n) is 8.19. The summed E-state index contributed by atoms with van der Waals surface area (Å²) in [5, 5.41) is 0.839. The van der Waals surface area contributed by atoms with Crippen molar-refractivity contribution < 1.29 is 18.0 Å². The van der Waals surface area contributed by atoms with E-state index in [2.05, 4.69) is 35.5 Å². The van der Waals surface area contributed by atoms with Crippen LogP contribution in [-0.2, 0) is 11.2 Å². The molecule has 0 aromatic heterocycles. The standard InChI is InChI=1S/C24H36F3N3O.C9H11Cl/c1-8-20(19-11-10-12-19)21(17(4)28-9-2)18(5)29-13-14-30(16(3)15-29)22(31)23(6,7)24(25,26)27;1-2-4-8-5-3-6-9(10)7-8/h8-9,16,19H,2,10-15H2,1,3-7H3;3,5-7H,2,4H2,1H3/b20-8-,21-18-,28-17?;. The predicted octanol–water partition coefficient (Wildman–Crippen LogP) is 9.02. The summed E-state index contributed by atoms with van der Waals surface area (Å²) in [6.07, 6.45) is 4.95. The van der Waals surface area contributed by atoms with Gasteiger partial charge in [0.15, 0.2) is 0 Å². The third-order valence-corrected chi connectivity index (χ3v) is 8.42. The molecule has 228 valence electrons. The number of hydrogen-bond donors (Lipinski definition) is 0. The molecule has 0 bridgehead atoms. The molecule has 1 unspecified atom stereocenters. The first kappa shape index (κ1) is 34.7. The smallest absolute Gasteiger partial charge is 0.371 e. The van der Waals surface area contributed by atoms with Crippen molar-refractivity contribution in [3.63, 3.8) is 0 Å². The summed E-state index contributed by atoms with van der Waals surface area (Å²) in [5.41, 5.74) is 3.24. The lowest BCUT2D eigenvalue weighted by Crippen LogP contribution is -2.58. The maximum Gasteiger partial charge on any atom is 0.402 e. The molecule has 2 fully saturated rings. The molecule has 1 saturated carbocycles. The number of carbonyl (C=O) groups is 1. The fourth-order valence-corrected chi connectivity index (χ4v) is 5.58. The lowest BCUT2D eigenvalue weighted by atomic mass is 9.75. The summed E-state index contributed by atoms with van der Waals surface area (Å²) >= 11 is 5.78. The van der Waals surface area contributed by atoms with Crippen molar-refractivity contribution in [2.45, 2.75) is 92.8 Å². The topological polar surface area (TPSA) is 35.9 Å². The van der Waals surface area contributed by atoms with E-state index in [1.807, 2.05) is 45.9 Å². The highest BCUT2D eigenvalue weighted by Crippen LogP contribution is 2.41. The molecule has 8 heteroatoms. The molecule has 1 heterocycles. The van der Waals surface area contributed by atoms with E-state index in [1.54, 1.807) is 0 Å². The molecular formula is C33H47ClF3N3O. The summed E-state index contributed by atoms with van der Waals surface area (Å²) in [4.78, 5) is 20.7. The van der Waals surface area contributed by atoms with E-state index < -0.39 is 17.5 Å². The number of nitrogens with zero attached hydrogens (tertiary/aromatic N) is 3. The number of hydrogen-bond acceptors (Lipinski definition) is 3. The summed E-state index contributed by atoms with van der Waals surface area (Å²) < 4.78 is 40.2. The summed E-state index contributed by atoms with van der Waals surface area (Å²) in [6.45, 7) is 16.9. The number of halogens is 4. The van der Waals surface area contributed by atoms with Gasteiger partial charge in [-0.1, -0.05) is 56.2 Å². The summed E-state index contributed by atoms with van der Waals surface area (Å²) in [7, 11) is 0. The first-order valence-corrected chi connectivity index (χ1v) is 15.0. The van der Waals surface area contributed by atoms with Crippen molar-refractivity contribution in [1.82, 2.24) is 9.80 Å². The van der Waals surface area contributed by atoms with Gasteiger partial charge in [0.25, 0.3) is 0 Å². The second kappa shape index (κ2) is 15.1. The van der Waals surface area contributed by atoms with E-state index in [0.29, 0.717) is 19.0 Å². The van der Waals surface area contributed by atoms with Gasteiger partial charge in [-0.05, 0) is 90.0 Å². The van der Waals surface area contributed by atoms with Crippen LogP contribution in [0.5, 0.6) is 0 Å². The Morgan fingerprint density at radius 2 is 1.85 bits per heavy atom. The Balaban J connectivity index is 0.000000493. The lowest BCUT2D eigenvalue weighted by Gasteiger charge is -2.45. The zero-order valence-electron chi connectivity index (χ0n) is 25.7. The van der Waals surface area contributed by atoms with Crippen LogP contribution in [-0.4, -0.2) is 53.3 Å². The normalized spacial score (nSPS) is 19.6. The van der Waals surface area contributed by atoms with Crippen molar-refractivity contribution in [2.75, 3.05) is 19.6 Å². The highest BCUT2D eigenvalue weighted by Gasteiger charge is 2.55. The molecule has 1 saturated heterocycles. The summed E-state index contributed by atoms with van der Waals surface area (Å²) in [5.74, 6) is -0.347. The molecule has 2 aliphatic rings. The molecule has 4 nitrogen and oxygen atoms in total. The molecule has 0 radical (unpaired) electrons. The largest absolute Gasteiger partial charge is 0.402 e. The molecule has 0 spiro atoms. The maximum absolute atomic E-state index is 13.4. The van der Waals surface area contributed by atoms with Crippen molar-refractivity contribution >= 4 is 23.2 Å². The van der Waals surface area contributed by atoms with Crippen LogP contribution in [0.1, 0.15) is 79.7 Å². The molecule has 1 amide bonds. The number of allylic oxidation sites excluding steroid dienone is 4. The van der Waals surface area contributed by atoms with Crippen molar-refractivity contribution in [3.8, 4) is 0 Å². The maximum atomic E-state index is 13.4. The predicted molar refractivity (Wildman–Crippen MR) is 165 cm³/mol. The second-order valence-corrected chi connectivity index (χ2v) is 12.0. The zero-order valence-corrected chi connectivity index (χ0v) is 26.5. The second-order valence-electron chi connectivity index (χ2n) is 11.5. The Labute approximate surface area is 250 Å².